The number of ketones is 1. The summed E-state index contributed by atoms with van der Waals surface area (Å²) in [5.74, 6) is -2.32. The van der Waals surface area contributed by atoms with Gasteiger partial charge in [0.15, 0.2) is 0 Å². The van der Waals surface area contributed by atoms with E-state index in [0.29, 0.717) is 0 Å². The van der Waals surface area contributed by atoms with Gasteiger partial charge in [0.05, 0.1) is 5.92 Å². The monoisotopic (exact) mass is 286 g/mol. The molecule has 6 heteroatoms. The lowest BCUT2D eigenvalue weighted by Gasteiger charge is -2.17. The summed E-state index contributed by atoms with van der Waals surface area (Å²) in [6.07, 6.45) is -1.11. The molecule has 0 aliphatic rings. The molecule has 0 aromatic heterocycles. The van der Waals surface area contributed by atoms with Crippen LogP contribution in [0.2, 0.25) is 0 Å². The minimum absolute atomic E-state index is 0.106. The molecule has 0 rings (SSSR count). The molecule has 0 saturated heterocycles. The van der Waals surface area contributed by atoms with Crippen molar-refractivity contribution < 1.29 is 29.0 Å². The van der Waals surface area contributed by atoms with E-state index in [1.54, 1.807) is 13.8 Å². The van der Waals surface area contributed by atoms with Gasteiger partial charge in [-0.3, -0.25) is 9.59 Å². The van der Waals surface area contributed by atoms with E-state index in [1.807, 2.05) is 0 Å². The fourth-order valence-corrected chi connectivity index (χ4v) is 1.21. The molecule has 0 radical (unpaired) electrons. The number of hydrogen-bond acceptors (Lipinski definition) is 6. The molecule has 0 aliphatic carbocycles. The number of ether oxygens (including phenoxy) is 2. The third kappa shape index (κ3) is 6.47. The third-order valence-electron chi connectivity index (χ3n) is 2.94. The van der Waals surface area contributed by atoms with Gasteiger partial charge in [-0.25, -0.2) is 4.79 Å². The van der Waals surface area contributed by atoms with Crippen LogP contribution in [0.4, 0.5) is 0 Å². The summed E-state index contributed by atoms with van der Waals surface area (Å²) in [6.45, 7) is 8.93. The second-order valence-corrected chi connectivity index (χ2v) is 4.85. The Kier molecular flexibility index (Phi) is 7.76. The molecule has 0 fully saturated rings. The summed E-state index contributed by atoms with van der Waals surface area (Å²) in [5, 5.41) is 9.51. The minimum atomic E-state index is -1.11. The first kappa shape index (κ1) is 18.3. The number of carbonyl (C=O) groups is 3. The maximum atomic E-state index is 11.6. The standard InChI is InChI=1S/C14H22O6/c1-8(2)13(17)19-6-12(16)7-20-14(18)10(4)9(3)11(5)15/h9-10,12,16H,1,6-7H2,2-5H3. The number of esters is 2. The number of hydrogen-bond donors (Lipinski definition) is 1. The van der Waals surface area contributed by atoms with Crippen LogP contribution < -0.4 is 0 Å². The van der Waals surface area contributed by atoms with Gasteiger partial charge >= 0.3 is 11.9 Å². The third-order valence-corrected chi connectivity index (χ3v) is 2.94. The van der Waals surface area contributed by atoms with Crippen molar-refractivity contribution in [3.63, 3.8) is 0 Å². The lowest BCUT2D eigenvalue weighted by Crippen LogP contribution is -2.30. The van der Waals surface area contributed by atoms with Crippen LogP contribution >= 0.6 is 0 Å². The van der Waals surface area contributed by atoms with E-state index in [9.17, 15) is 19.5 Å². The van der Waals surface area contributed by atoms with Crippen molar-refractivity contribution in [3.05, 3.63) is 12.2 Å². The molecule has 0 spiro atoms. The Balaban J connectivity index is 4.09. The van der Waals surface area contributed by atoms with Crippen LogP contribution in [0, 0.1) is 11.8 Å². The summed E-state index contributed by atoms with van der Waals surface area (Å²) >= 11 is 0. The molecule has 114 valence electrons. The molecule has 20 heavy (non-hydrogen) atoms. The molecule has 0 aromatic rings. The Morgan fingerprint density at radius 1 is 1.05 bits per heavy atom. The minimum Gasteiger partial charge on any atom is -0.463 e. The van der Waals surface area contributed by atoms with Crippen molar-refractivity contribution >= 4 is 17.7 Å². The Bertz CT molecular complexity index is 387. The first-order valence-corrected chi connectivity index (χ1v) is 6.34. The maximum absolute atomic E-state index is 11.6. The molecule has 1 N–H and O–H groups in total. The molecule has 3 atom stereocenters. The average Bonchev–Trinajstić information content (AvgIpc) is 2.39. The largest absolute Gasteiger partial charge is 0.463 e. The molecule has 0 saturated carbocycles. The Labute approximate surface area is 118 Å². The molecule has 3 unspecified atom stereocenters. The summed E-state index contributed by atoms with van der Waals surface area (Å²) in [4.78, 5) is 33.9. The molecule has 0 bridgehead atoms. The number of aliphatic hydroxyl groups excluding tert-OH is 1. The van der Waals surface area contributed by atoms with Crippen molar-refractivity contribution in [1.82, 2.24) is 0 Å². The second-order valence-electron chi connectivity index (χ2n) is 4.85. The van der Waals surface area contributed by atoms with Gasteiger partial charge in [0.25, 0.3) is 0 Å². The van der Waals surface area contributed by atoms with Crippen LogP contribution in [0.3, 0.4) is 0 Å². The highest BCUT2D eigenvalue weighted by molar-refractivity contribution is 5.87. The van der Waals surface area contributed by atoms with Crippen LogP contribution in [-0.4, -0.2) is 42.1 Å². The first-order valence-electron chi connectivity index (χ1n) is 6.34. The highest BCUT2D eigenvalue weighted by Crippen LogP contribution is 2.13. The quantitative estimate of drug-likeness (QED) is 0.526. The average molecular weight is 286 g/mol. The topological polar surface area (TPSA) is 89.9 Å². The van der Waals surface area contributed by atoms with E-state index in [0.717, 1.165) is 0 Å². The van der Waals surface area contributed by atoms with E-state index in [4.69, 9.17) is 9.47 Å². The van der Waals surface area contributed by atoms with Gasteiger partial charge in [-0.2, -0.15) is 0 Å². The summed E-state index contributed by atoms with van der Waals surface area (Å²) in [6, 6.07) is 0. The Hall–Kier alpha value is -1.69. The second kappa shape index (κ2) is 8.47. The fourth-order valence-electron chi connectivity index (χ4n) is 1.21. The van der Waals surface area contributed by atoms with Crippen LogP contribution in [0.5, 0.6) is 0 Å². The smallest absolute Gasteiger partial charge is 0.333 e. The van der Waals surface area contributed by atoms with Gasteiger partial charge in [-0.15, -0.1) is 0 Å². The van der Waals surface area contributed by atoms with E-state index in [-0.39, 0.29) is 24.6 Å². The van der Waals surface area contributed by atoms with Crippen molar-refractivity contribution in [2.24, 2.45) is 11.8 Å². The lowest BCUT2D eigenvalue weighted by molar-refractivity contribution is -0.156. The highest BCUT2D eigenvalue weighted by atomic mass is 16.6. The van der Waals surface area contributed by atoms with E-state index in [2.05, 4.69) is 6.58 Å². The van der Waals surface area contributed by atoms with Crippen LogP contribution in [0.25, 0.3) is 0 Å². The molecule has 0 aromatic carbocycles. The van der Waals surface area contributed by atoms with Crippen molar-refractivity contribution in [1.29, 1.82) is 0 Å². The molecular formula is C14H22O6. The Morgan fingerprint density at radius 3 is 2.00 bits per heavy atom. The zero-order chi connectivity index (χ0) is 15.9. The van der Waals surface area contributed by atoms with E-state index < -0.39 is 29.9 Å². The van der Waals surface area contributed by atoms with Crippen molar-refractivity contribution in [3.8, 4) is 0 Å². The van der Waals surface area contributed by atoms with Crippen molar-refractivity contribution in [2.75, 3.05) is 13.2 Å². The summed E-state index contributed by atoms with van der Waals surface area (Å²) in [5.41, 5.74) is 0.220. The molecule has 6 nitrogen and oxygen atoms in total. The lowest BCUT2D eigenvalue weighted by atomic mass is 9.93. The molecular weight excluding hydrogens is 264 g/mol. The fraction of sp³-hybridized carbons (Fsp3) is 0.643. The first-order chi connectivity index (χ1) is 9.16. The van der Waals surface area contributed by atoms with Gasteiger partial charge in [0.2, 0.25) is 0 Å². The van der Waals surface area contributed by atoms with Gasteiger partial charge in [-0.05, 0) is 13.8 Å². The van der Waals surface area contributed by atoms with Gasteiger partial charge in [0.1, 0.15) is 25.1 Å². The van der Waals surface area contributed by atoms with Crippen LogP contribution in [-0.2, 0) is 23.9 Å². The van der Waals surface area contributed by atoms with E-state index in [1.165, 1.54) is 13.8 Å². The maximum Gasteiger partial charge on any atom is 0.333 e. The zero-order valence-electron chi connectivity index (χ0n) is 12.3. The predicted molar refractivity (Wildman–Crippen MR) is 71.7 cm³/mol. The predicted octanol–water partition coefficient (Wildman–Crippen LogP) is 0.871. The van der Waals surface area contributed by atoms with Gasteiger partial charge in [-0.1, -0.05) is 20.4 Å². The summed E-state index contributed by atoms with van der Waals surface area (Å²) < 4.78 is 9.58. The highest BCUT2D eigenvalue weighted by Gasteiger charge is 2.25. The molecule has 0 heterocycles. The van der Waals surface area contributed by atoms with E-state index >= 15 is 0 Å². The Morgan fingerprint density at radius 2 is 1.55 bits per heavy atom. The molecule has 0 aliphatic heterocycles. The van der Waals surface area contributed by atoms with Crippen molar-refractivity contribution in [2.45, 2.75) is 33.8 Å². The number of aliphatic hydroxyl groups is 1. The summed E-state index contributed by atoms with van der Waals surface area (Å²) in [7, 11) is 0. The van der Waals surface area contributed by atoms with Gasteiger partial charge in [0, 0.05) is 11.5 Å². The SMILES string of the molecule is C=C(C)C(=O)OCC(O)COC(=O)C(C)C(C)C(C)=O. The number of carbonyl (C=O) groups excluding carboxylic acids is 3. The van der Waals surface area contributed by atoms with Crippen LogP contribution in [0.1, 0.15) is 27.7 Å². The number of Topliss-reactive ketones (excluding diaryl/α,β-unsaturated/α-hetero) is 1. The molecule has 0 amide bonds. The normalized spacial score (nSPS) is 14.8. The van der Waals surface area contributed by atoms with Gasteiger partial charge < -0.3 is 14.6 Å². The van der Waals surface area contributed by atoms with Crippen LogP contribution in [0.15, 0.2) is 12.2 Å². The number of rotatable bonds is 8. The zero-order valence-corrected chi connectivity index (χ0v) is 12.3.